The third kappa shape index (κ3) is 2.08. The minimum atomic E-state index is -0.351. The lowest BCUT2D eigenvalue weighted by atomic mass is 9.87. The molecule has 0 spiro atoms. The molecule has 0 N–H and O–H groups in total. The molecular formula is C19H18O3S. The molecule has 118 valence electrons. The number of fused-ring (bicyclic) bond motifs is 2. The van der Waals surface area contributed by atoms with Crippen LogP contribution in [0.15, 0.2) is 34.2 Å². The van der Waals surface area contributed by atoms with Crippen LogP contribution in [0.25, 0.3) is 6.08 Å². The van der Waals surface area contributed by atoms with Gasteiger partial charge in [-0.2, -0.15) is 0 Å². The van der Waals surface area contributed by atoms with Gasteiger partial charge in [0.05, 0.1) is 11.5 Å². The van der Waals surface area contributed by atoms with E-state index in [9.17, 15) is 9.59 Å². The van der Waals surface area contributed by atoms with Crippen molar-refractivity contribution in [3.63, 3.8) is 0 Å². The Morgan fingerprint density at radius 3 is 2.78 bits per heavy atom. The zero-order valence-corrected chi connectivity index (χ0v) is 13.6. The zero-order chi connectivity index (χ0) is 15.6. The van der Waals surface area contributed by atoms with Crippen LogP contribution in [0.1, 0.15) is 37.0 Å². The first-order chi connectivity index (χ1) is 11.2. The van der Waals surface area contributed by atoms with Gasteiger partial charge in [0.1, 0.15) is 0 Å². The van der Waals surface area contributed by atoms with Gasteiger partial charge in [0.2, 0.25) is 0 Å². The normalized spacial score (nSPS) is 37.9. The molecule has 3 saturated carbocycles. The van der Waals surface area contributed by atoms with Crippen molar-refractivity contribution < 1.29 is 14.3 Å². The van der Waals surface area contributed by atoms with Crippen molar-refractivity contribution in [2.75, 3.05) is 0 Å². The van der Waals surface area contributed by atoms with Crippen LogP contribution in [-0.4, -0.2) is 11.9 Å². The monoisotopic (exact) mass is 326 g/mol. The highest BCUT2D eigenvalue weighted by atomic mass is 32.1. The first kappa shape index (κ1) is 13.7. The molecule has 4 aliphatic rings. The molecule has 1 aromatic rings. The van der Waals surface area contributed by atoms with Crippen molar-refractivity contribution in [1.29, 1.82) is 0 Å². The molecule has 3 aliphatic carbocycles. The standard InChI is InChI=1S/C19H18O3S/c20-18-16(10-3-4-10)17(19(21)22-18)15-11-5-6-14(15)12(8-11)9-13-2-1-7-23-13/h1-2,7,9-11,14,16H,3-6,8H2. The first-order valence-electron chi connectivity index (χ1n) is 8.46. The predicted octanol–water partition coefficient (Wildman–Crippen LogP) is 3.97. The molecular weight excluding hydrogens is 308 g/mol. The van der Waals surface area contributed by atoms with E-state index in [0.717, 1.165) is 37.7 Å². The van der Waals surface area contributed by atoms with Crippen LogP contribution >= 0.6 is 11.3 Å². The van der Waals surface area contributed by atoms with E-state index < -0.39 is 0 Å². The van der Waals surface area contributed by atoms with E-state index in [1.807, 2.05) is 0 Å². The van der Waals surface area contributed by atoms with E-state index in [1.165, 1.54) is 16.0 Å². The average molecular weight is 326 g/mol. The Labute approximate surface area is 139 Å². The summed E-state index contributed by atoms with van der Waals surface area (Å²) < 4.78 is 5.01. The second-order valence-electron chi connectivity index (χ2n) is 7.16. The summed E-state index contributed by atoms with van der Waals surface area (Å²) in [4.78, 5) is 25.7. The van der Waals surface area contributed by atoms with E-state index in [0.29, 0.717) is 17.8 Å². The number of ether oxygens (including phenoxy) is 1. The average Bonchev–Trinajstić information content (AvgIpc) is 2.85. The second-order valence-corrected chi connectivity index (χ2v) is 8.14. The van der Waals surface area contributed by atoms with Gasteiger partial charge in [-0.3, -0.25) is 4.79 Å². The van der Waals surface area contributed by atoms with Gasteiger partial charge in [-0.25, -0.2) is 4.79 Å². The summed E-state index contributed by atoms with van der Waals surface area (Å²) in [5, 5.41) is 2.09. The summed E-state index contributed by atoms with van der Waals surface area (Å²) in [5.74, 6) is 0.242. The Kier molecular flexibility index (Phi) is 2.93. The minimum absolute atomic E-state index is 0.262. The van der Waals surface area contributed by atoms with Gasteiger partial charge < -0.3 is 4.74 Å². The molecule has 3 nitrogen and oxygen atoms in total. The maximum atomic E-state index is 12.3. The summed E-state index contributed by atoms with van der Waals surface area (Å²) in [7, 11) is 0. The smallest absolute Gasteiger partial charge is 0.342 e. The first-order valence-corrected chi connectivity index (χ1v) is 9.34. The molecule has 2 bridgehead atoms. The largest absolute Gasteiger partial charge is 0.389 e. The van der Waals surface area contributed by atoms with Gasteiger partial charge in [-0.15, -0.1) is 11.3 Å². The topological polar surface area (TPSA) is 43.4 Å². The summed E-state index contributed by atoms with van der Waals surface area (Å²) >= 11 is 1.75. The SMILES string of the molecule is O=C1OC(=O)C(C2CC2)C1=C1C2CCC1C(=Cc1cccs1)C2. The number of carbonyl (C=O) groups is 2. The molecule has 2 heterocycles. The van der Waals surface area contributed by atoms with Crippen molar-refractivity contribution in [1.82, 2.24) is 0 Å². The van der Waals surface area contributed by atoms with E-state index in [4.69, 9.17) is 4.74 Å². The number of esters is 2. The van der Waals surface area contributed by atoms with E-state index >= 15 is 0 Å². The Hall–Kier alpha value is -1.68. The van der Waals surface area contributed by atoms with Crippen LogP contribution in [0.2, 0.25) is 0 Å². The fourth-order valence-electron chi connectivity index (χ4n) is 4.72. The summed E-state index contributed by atoms with van der Waals surface area (Å²) in [5.41, 5.74) is 3.44. The lowest BCUT2D eigenvalue weighted by Gasteiger charge is -2.13. The molecule has 0 aromatic carbocycles. The number of hydrogen-bond acceptors (Lipinski definition) is 4. The Morgan fingerprint density at radius 2 is 2.04 bits per heavy atom. The van der Waals surface area contributed by atoms with Crippen LogP contribution in [0, 0.1) is 23.7 Å². The van der Waals surface area contributed by atoms with Crippen molar-refractivity contribution in [3.8, 4) is 0 Å². The van der Waals surface area contributed by atoms with Crippen molar-refractivity contribution in [3.05, 3.63) is 39.1 Å². The quantitative estimate of drug-likeness (QED) is 0.469. The Bertz CT molecular complexity index is 752. The summed E-state index contributed by atoms with van der Waals surface area (Å²) in [6.07, 6.45) is 7.70. The third-order valence-electron chi connectivity index (χ3n) is 5.80. The molecule has 0 radical (unpaired) electrons. The third-order valence-corrected chi connectivity index (χ3v) is 6.62. The molecule has 5 rings (SSSR count). The van der Waals surface area contributed by atoms with Gasteiger partial charge in [0.25, 0.3) is 0 Å². The second kappa shape index (κ2) is 4.91. The molecule has 1 saturated heterocycles. The Morgan fingerprint density at radius 1 is 1.17 bits per heavy atom. The number of rotatable bonds is 2. The van der Waals surface area contributed by atoms with E-state index in [1.54, 1.807) is 11.3 Å². The molecule has 4 fully saturated rings. The number of hydrogen-bond donors (Lipinski definition) is 0. The number of allylic oxidation sites excluding steroid dienone is 2. The zero-order valence-electron chi connectivity index (χ0n) is 12.8. The molecule has 4 heteroatoms. The highest BCUT2D eigenvalue weighted by molar-refractivity contribution is 7.10. The van der Waals surface area contributed by atoms with Crippen molar-refractivity contribution in [2.45, 2.75) is 32.1 Å². The summed E-state index contributed by atoms with van der Waals surface area (Å²) in [6, 6.07) is 4.20. The van der Waals surface area contributed by atoms with E-state index in [-0.39, 0.29) is 17.9 Å². The number of thiophene rings is 1. The molecule has 23 heavy (non-hydrogen) atoms. The fourth-order valence-corrected chi connectivity index (χ4v) is 5.41. The van der Waals surface area contributed by atoms with Gasteiger partial charge in [-0.05, 0) is 67.0 Å². The van der Waals surface area contributed by atoms with Crippen LogP contribution < -0.4 is 0 Å². The van der Waals surface area contributed by atoms with Crippen LogP contribution in [0.3, 0.4) is 0 Å². The highest BCUT2D eigenvalue weighted by Crippen LogP contribution is 2.57. The maximum Gasteiger partial charge on any atom is 0.342 e. The van der Waals surface area contributed by atoms with Crippen molar-refractivity contribution in [2.24, 2.45) is 23.7 Å². The van der Waals surface area contributed by atoms with Crippen LogP contribution in [0.5, 0.6) is 0 Å². The fraction of sp³-hybridized carbons (Fsp3) is 0.474. The minimum Gasteiger partial charge on any atom is -0.389 e. The van der Waals surface area contributed by atoms with Gasteiger partial charge >= 0.3 is 11.9 Å². The van der Waals surface area contributed by atoms with Gasteiger partial charge in [-0.1, -0.05) is 11.6 Å². The van der Waals surface area contributed by atoms with Gasteiger partial charge in [0, 0.05) is 10.8 Å². The molecule has 3 unspecified atom stereocenters. The lowest BCUT2D eigenvalue weighted by molar-refractivity contribution is -0.152. The molecule has 1 aromatic heterocycles. The Balaban J connectivity index is 1.58. The highest BCUT2D eigenvalue weighted by Gasteiger charge is 2.53. The van der Waals surface area contributed by atoms with Gasteiger partial charge in [0.15, 0.2) is 0 Å². The number of cyclic esters (lactones) is 2. The lowest BCUT2D eigenvalue weighted by Crippen LogP contribution is -2.14. The van der Waals surface area contributed by atoms with Crippen LogP contribution in [-0.2, 0) is 14.3 Å². The van der Waals surface area contributed by atoms with E-state index in [2.05, 4.69) is 23.6 Å². The maximum absolute atomic E-state index is 12.3. The summed E-state index contributed by atoms with van der Waals surface area (Å²) in [6.45, 7) is 0. The van der Waals surface area contributed by atoms with Crippen molar-refractivity contribution >= 4 is 29.4 Å². The molecule has 1 aliphatic heterocycles. The number of carbonyl (C=O) groups excluding carboxylic acids is 2. The molecule has 3 atom stereocenters. The predicted molar refractivity (Wildman–Crippen MR) is 87.5 cm³/mol. The van der Waals surface area contributed by atoms with Crippen LogP contribution in [0.4, 0.5) is 0 Å². The molecule has 0 amide bonds.